The summed E-state index contributed by atoms with van der Waals surface area (Å²) >= 11 is 0. The van der Waals surface area contributed by atoms with Gasteiger partial charge in [0.15, 0.2) is 0 Å². The topological polar surface area (TPSA) is 52.6 Å². The van der Waals surface area contributed by atoms with E-state index in [1.54, 1.807) is 0 Å². The fraction of sp³-hybridized carbons (Fsp3) is 0.417. The van der Waals surface area contributed by atoms with Crippen molar-refractivity contribution in [1.29, 1.82) is 0 Å². The number of aliphatic carboxylic acids is 1. The van der Waals surface area contributed by atoms with E-state index in [-0.39, 0.29) is 6.42 Å². The number of nitrogens with one attached hydrogen (secondary N) is 1. The van der Waals surface area contributed by atoms with Gasteiger partial charge in [0, 0.05) is 31.9 Å². The predicted octanol–water partition coefficient (Wildman–Crippen LogP) is 0.723. The highest BCUT2D eigenvalue weighted by atomic mass is 16.4. The van der Waals surface area contributed by atoms with Gasteiger partial charge in [-0.2, -0.15) is 0 Å². The number of carbonyl (C=O) groups is 1. The number of para-hydroxylation sites is 1. The van der Waals surface area contributed by atoms with Crippen molar-refractivity contribution in [1.82, 2.24) is 5.32 Å². The second kappa shape index (κ2) is 4.99. The molecule has 2 rings (SSSR count). The van der Waals surface area contributed by atoms with Gasteiger partial charge in [0.25, 0.3) is 0 Å². The zero-order valence-electron chi connectivity index (χ0n) is 9.15. The first-order valence-corrected chi connectivity index (χ1v) is 5.53. The molecule has 1 aliphatic heterocycles. The number of rotatable bonds is 3. The molecule has 0 atom stereocenters. The molecule has 0 spiro atoms. The van der Waals surface area contributed by atoms with Crippen molar-refractivity contribution in [3.8, 4) is 0 Å². The fourth-order valence-corrected chi connectivity index (χ4v) is 2.04. The lowest BCUT2D eigenvalue weighted by atomic mass is 10.1. The summed E-state index contributed by atoms with van der Waals surface area (Å²) in [4.78, 5) is 13.0. The van der Waals surface area contributed by atoms with Crippen LogP contribution in [0.3, 0.4) is 0 Å². The molecular weight excluding hydrogens is 204 g/mol. The smallest absolute Gasteiger partial charge is 0.307 e. The minimum atomic E-state index is -0.775. The molecule has 0 aliphatic carbocycles. The molecule has 1 aliphatic rings. The van der Waals surface area contributed by atoms with Gasteiger partial charge in [0.05, 0.1) is 6.42 Å². The van der Waals surface area contributed by atoms with Crippen LogP contribution in [0.5, 0.6) is 0 Å². The molecule has 1 aromatic carbocycles. The van der Waals surface area contributed by atoms with Crippen molar-refractivity contribution in [3.05, 3.63) is 29.8 Å². The Bertz CT molecular complexity index is 373. The van der Waals surface area contributed by atoms with Crippen molar-refractivity contribution in [2.45, 2.75) is 6.42 Å². The van der Waals surface area contributed by atoms with Crippen LogP contribution < -0.4 is 10.2 Å². The van der Waals surface area contributed by atoms with E-state index >= 15 is 0 Å². The molecule has 0 bridgehead atoms. The van der Waals surface area contributed by atoms with Gasteiger partial charge in [-0.25, -0.2) is 0 Å². The van der Waals surface area contributed by atoms with Gasteiger partial charge in [-0.1, -0.05) is 18.2 Å². The lowest BCUT2D eigenvalue weighted by Gasteiger charge is -2.31. The quantitative estimate of drug-likeness (QED) is 0.788. The largest absolute Gasteiger partial charge is 0.481 e. The summed E-state index contributed by atoms with van der Waals surface area (Å²) in [6, 6.07) is 7.75. The van der Waals surface area contributed by atoms with Crippen molar-refractivity contribution in [3.63, 3.8) is 0 Å². The van der Waals surface area contributed by atoms with Crippen molar-refractivity contribution >= 4 is 11.7 Å². The first-order chi connectivity index (χ1) is 7.77. The second-order valence-electron chi connectivity index (χ2n) is 3.94. The standard InChI is InChI=1S/C12H16N2O2/c15-12(16)9-10-3-1-2-4-11(10)14-7-5-13-6-8-14/h1-4,13H,5-9H2,(H,15,16). The summed E-state index contributed by atoms with van der Waals surface area (Å²) in [7, 11) is 0. The minimum absolute atomic E-state index is 0.0973. The third kappa shape index (κ3) is 2.52. The van der Waals surface area contributed by atoms with Crippen LogP contribution in [-0.2, 0) is 11.2 Å². The van der Waals surface area contributed by atoms with Gasteiger partial charge < -0.3 is 15.3 Å². The maximum absolute atomic E-state index is 10.8. The summed E-state index contributed by atoms with van der Waals surface area (Å²) in [5.74, 6) is -0.775. The average molecular weight is 220 g/mol. The van der Waals surface area contributed by atoms with E-state index < -0.39 is 5.97 Å². The van der Waals surface area contributed by atoms with Crippen molar-refractivity contribution in [2.75, 3.05) is 31.1 Å². The lowest BCUT2D eigenvalue weighted by Crippen LogP contribution is -2.43. The molecule has 1 fully saturated rings. The van der Waals surface area contributed by atoms with Crippen LogP contribution in [0.25, 0.3) is 0 Å². The molecule has 1 saturated heterocycles. The second-order valence-corrected chi connectivity index (χ2v) is 3.94. The normalized spacial score (nSPS) is 16.1. The highest BCUT2D eigenvalue weighted by Crippen LogP contribution is 2.21. The van der Waals surface area contributed by atoms with Crippen LogP contribution in [0.4, 0.5) is 5.69 Å². The SMILES string of the molecule is O=C(O)Cc1ccccc1N1CCNCC1. The minimum Gasteiger partial charge on any atom is -0.481 e. The van der Waals surface area contributed by atoms with Crippen LogP contribution in [0, 0.1) is 0 Å². The zero-order chi connectivity index (χ0) is 11.4. The molecular formula is C12H16N2O2. The highest BCUT2D eigenvalue weighted by Gasteiger charge is 2.14. The van der Waals surface area contributed by atoms with Gasteiger partial charge in [-0.05, 0) is 11.6 Å². The summed E-state index contributed by atoms with van der Waals surface area (Å²) in [6.07, 6.45) is 0.0973. The summed E-state index contributed by atoms with van der Waals surface area (Å²) in [6.45, 7) is 3.80. The first kappa shape index (κ1) is 11.0. The maximum Gasteiger partial charge on any atom is 0.307 e. The van der Waals surface area contributed by atoms with E-state index in [1.807, 2.05) is 24.3 Å². The Morgan fingerprint density at radius 1 is 1.31 bits per heavy atom. The molecule has 0 amide bonds. The molecule has 0 radical (unpaired) electrons. The van der Waals surface area contributed by atoms with E-state index in [2.05, 4.69) is 10.2 Å². The Hall–Kier alpha value is -1.55. The number of nitrogens with zero attached hydrogens (tertiary/aromatic N) is 1. The number of carboxylic acid groups (broad SMARTS) is 1. The van der Waals surface area contributed by atoms with Gasteiger partial charge in [-0.15, -0.1) is 0 Å². The Balaban J connectivity index is 2.20. The van der Waals surface area contributed by atoms with Crippen LogP contribution in [0.2, 0.25) is 0 Å². The molecule has 1 aromatic rings. The molecule has 86 valence electrons. The lowest BCUT2D eigenvalue weighted by molar-refractivity contribution is -0.136. The molecule has 0 unspecified atom stereocenters. The third-order valence-electron chi connectivity index (χ3n) is 2.79. The van der Waals surface area contributed by atoms with E-state index in [0.29, 0.717) is 0 Å². The zero-order valence-corrected chi connectivity index (χ0v) is 9.15. The van der Waals surface area contributed by atoms with Crippen LogP contribution in [-0.4, -0.2) is 37.3 Å². The number of hydrogen-bond acceptors (Lipinski definition) is 3. The molecule has 2 N–H and O–H groups in total. The third-order valence-corrected chi connectivity index (χ3v) is 2.79. The number of carboxylic acids is 1. The molecule has 0 aromatic heterocycles. The number of hydrogen-bond donors (Lipinski definition) is 2. The Kier molecular flexibility index (Phi) is 3.41. The van der Waals surface area contributed by atoms with Gasteiger partial charge in [0.2, 0.25) is 0 Å². The van der Waals surface area contributed by atoms with Crippen LogP contribution >= 0.6 is 0 Å². The van der Waals surface area contributed by atoms with Crippen molar-refractivity contribution < 1.29 is 9.90 Å². The summed E-state index contributed by atoms with van der Waals surface area (Å²) in [5.41, 5.74) is 1.96. The number of piperazine rings is 1. The van der Waals surface area contributed by atoms with Crippen LogP contribution in [0.15, 0.2) is 24.3 Å². The molecule has 16 heavy (non-hydrogen) atoms. The molecule has 0 saturated carbocycles. The molecule has 1 heterocycles. The molecule has 4 nitrogen and oxygen atoms in total. The maximum atomic E-state index is 10.8. The Morgan fingerprint density at radius 3 is 2.69 bits per heavy atom. The Labute approximate surface area is 94.9 Å². The van der Waals surface area contributed by atoms with Gasteiger partial charge >= 0.3 is 5.97 Å². The van der Waals surface area contributed by atoms with Gasteiger partial charge in [-0.3, -0.25) is 4.79 Å². The number of benzene rings is 1. The highest BCUT2D eigenvalue weighted by molar-refractivity contribution is 5.73. The Morgan fingerprint density at radius 2 is 2.00 bits per heavy atom. The fourth-order valence-electron chi connectivity index (χ4n) is 2.04. The van der Waals surface area contributed by atoms with E-state index in [1.165, 1.54) is 0 Å². The predicted molar refractivity (Wildman–Crippen MR) is 62.9 cm³/mol. The summed E-state index contributed by atoms with van der Waals surface area (Å²) in [5, 5.41) is 12.1. The summed E-state index contributed by atoms with van der Waals surface area (Å²) < 4.78 is 0. The monoisotopic (exact) mass is 220 g/mol. The number of anilines is 1. The molecule has 4 heteroatoms. The van der Waals surface area contributed by atoms with E-state index in [0.717, 1.165) is 37.4 Å². The average Bonchev–Trinajstić information content (AvgIpc) is 2.30. The van der Waals surface area contributed by atoms with E-state index in [9.17, 15) is 4.79 Å². The van der Waals surface area contributed by atoms with Crippen LogP contribution in [0.1, 0.15) is 5.56 Å². The van der Waals surface area contributed by atoms with Gasteiger partial charge in [0.1, 0.15) is 0 Å². The first-order valence-electron chi connectivity index (χ1n) is 5.53. The van der Waals surface area contributed by atoms with E-state index in [4.69, 9.17) is 5.11 Å². The van der Waals surface area contributed by atoms with Crippen molar-refractivity contribution in [2.24, 2.45) is 0 Å².